The summed E-state index contributed by atoms with van der Waals surface area (Å²) in [5, 5.41) is 5.48. The number of hydrogen-bond acceptors (Lipinski definition) is 3. The predicted molar refractivity (Wildman–Crippen MR) is 87.4 cm³/mol. The number of nitrogens with one attached hydrogen (secondary N) is 1. The number of hydrazone groups is 1. The van der Waals surface area contributed by atoms with Gasteiger partial charge in [-0.15, -0.1) is 0 Å². The van der Waals surface area contributed by atoms with Crippen molar-refractivity contribution in [1.29, 1.82) is 0 Å². The van der Waals surface area contributed by atoms with Gasteiger partial charge in [0.15, 0.2) is 5.17 Å². The molecular formula is C16H21N3S. The van der Waals surface area contributed by atoms with Crippen molar-refractivity contribution in [2.24, 2.45) is 16.0 Å². The van der Waals surface area contributed by atoms with Gasteiger partial charge < -0.3 is 0 Å². The van der Waals surface area contributed by atoms with Gasteiger partial charge in [0, 0.05) is 5.75 Å². The molecule has 106 valence electrons. The van der Waals surface area contributed by atoms with Gasteiger partial charge in [-0.25, -0.2) is 0 Å². The molecule has 0 saturated heterocycles. The monoisotopic (exact) mass is 287 g/mol. The van der Waals surface area contributed by atoms with Crippen LogP contribution in [0.25, 0.3) is 0 Å². The molecule has 20 heavy (non-hydrogen) atoms. The summed E-state index contributed by atoms with van der Waals surface area (Å²) in [4.78, 5) is 4.87. The van der Waals surface area contributed by atoms with E-state index in [1.54, 1.807) is 11.8 Å². The third-order valence-corrected chi connectivity index (χ3v) is 4.98. The molecule has 1 saturated carbocycles. The van der Waals surface area contributed by atoms with Crippen LogP contribution in [0.3, 0.4) is 0 Å². The Morgan fingerprint density at radius 3 is 2.70 bits per heavy atom. The first-order chi connectivity index (χ1) is 9.83. The molecule has 2 aliphatic rings. The molecule has 1 aliphatic heterocycles. The zero-order valence-electron chi connectivity index (χ0n) is 11.9. The Morgan fingerprint density at radius 2 is 2.00 bits per heavy atom. The summed E-state index contributed by atoms with van der Waals surface area (Å²) in [6.45, 7) is 2.32. The molecule has 0 bridgehead atoms. The Labute approximate surface area is 125 Å². The van der Waals surface area contributed by atoms with Crippen LogP contribution in [0.2, 0.25) is 0 Å². The smallest absolute Gasteiger partial charge is 0.177 e. The van der Waals surface area contributed by atoms with Crippen LogP contribution >= 0.6 is 11.8 Å². The summed E-state index contributed by atoms with van der Waals surface area (Å²) in [6, 6.07) is 10.8. The number of rotatable bonds is 2. The average Bonchev–Trinajstić information content (AvgIpc) is 2.51. The number of benzene rings is 1. The molecule has 0 aromatic heterocycles. The van der Waals surface area contributed by atoms with E-state index in [0.29, 0.717) is 12.0 Å². The van der Waals surface area contributed by atoms with Gasteiger partial charge in [0.2, 0.25) is 0 Å². The Hall–Kier alpha value is -1.29. The van der Waals surface area contributed by atoms with Gasteiger partial charge in [-0.1, -0.05) is 61.9 Å². The molecule has 1 aliphatic carbocycles. The first kappa shape index (κ1) is 13.7. The van der Waals surface area contributed by atoms with Crippen molar-refractivity contribution >= 4 is 22.6 Å². The summed E-state index contributed by atoms with van der Waals surface area (Å²) in [5.74, 6) is 1.61. The minimum absolute atomic E-state index is 0.479. The maximum absolute atomic E-state index is 4.87. The maximum atomic E-state index is 4.87. The van der Waals surface area contributed by atoms with Gasteiger partial charge in [-0.05, 0) is 24.3 Å². The highest BCUT2D eigenvalue weighted by molar-refractivity contribution is 8.14. The molecule has 3 rings (SSSR count). The van der Waals surface area contributed by atoms with E-state index < -0.39 is 0 Å². The van der Waals surface area contributed by atoms with Crippen molar-refractivity contribution in [3.05, 3.63) is 35.9 Å². The van der Waals surface area contributed by atoms with E-state index in [1.165, 1.54) is 31.2 Å². The van der Waals surface area contributed by atoms with E-state index in [4.69, 9.17) is 4.99 Å². The van der Waals surface area contributed by atoms with Gasteiger partial charge in [0.25, 0.3) is 0 Å². The third kappa shape index (κ3) is 3.23. The number of aliphatic imine (C=N–C) groups is 1. The van der Waals surface area contributed by atoms with Crippen LogP contribution in [0, 0.1) is 5.92 Å². The molecule has 0 radical (unpaired) electrons. The number of amidine groups is 1. The molecule has 0 unspecified atom stereocenters. The molecule has 1 aromatic carbocycles. The van der Waals surface area contributed by atoms with Gasteiger partial charge >= 0.3 is 0 Å². The van der Waals surface area contributed by atoms with Crippen molar-refractivity contribution in [2.75, 3.05) is 5.75 Å². The lowest BCUT2D eigenvalue weighted by Crippen LogP contribution is -2.29. The fourth-order valence-electron chi connectivity index (χ4n) is 2.80. The summed E-state index contributed by atoms with van der Waals surface area (Å²) >= 11 is 1.77. The quantitative estimate of drug-likeness (QED) is 0.901. The molecule has 0 amide bonds. The molecule has 1 heterocycles. The van der Waals surface area contributed by atoms with E-state index in [-0.39, 0.29) is 0 Å². The van der Waals surface area contributed by atoms with Gasteiger partial charge in [0.1, 0.15) is 0 Å². The Kier molecular flexibility index (Phi) is 4.41. The molecule has 3 nitrogen and oxygen atoms in total. The van der Waals surface area contributed by atoms with E-state index in [2.05, 4.69) is 41.7 Å². The Morgan fingerprint density at radius 1 is 1.20 bits per heavy atom. The normalized spacial score (nSPS) is 28.9. The van der Waals surface area contributed by atoms with Gasteiger partial charge in [0.05, 0.1) is 11.8 Å². The molecule has 0 spiro atoms. The molecule has 4 heteroatoms. The third-order valence-electron chi connectivity index (χ3n) is 4.09. The van der Waals surface area contributed by atoms with Crippen LogP contribution in [0.5, 0.6) is 0 Å². The lowest BCUT2D eigenvalue weighted by Gasteiger charge is -2.26. The van der Waals surface area contributed by atoms with Gasteiger partial charge in [-0.3, -0.25) is 10.4 Å². The highest BCUT2D eigenvalue weighted by atomic mass is 32.2. The SMILES string of the molecule is C[C@H]1CCCC[C@@H]1N=C1NN=C(c2ccccc2)CS1. The zero-order valence-corrected chi connectivity index (χ0v) is 12.7. The van der Waals surface area contributed by atoms with Crippen LogP contribution in [-0.4, -0.2) is 22.7 Å². The second kappa shape index (κ2) is 6.44. The topological polar surface area (TPSA) is 36.8 Å². The minimum atomic E-state index is 0.479. The summed E-state index contributed by atoms with van der Waals surface area (Å²) in [7, 11) is 0. The van der Waals surface area contributed by atoms with E-state index in [9.17, 15) is 0 Å². The zero-order chi connectivity index (χ0) is 13.8. The molecule has 2 atom stereocenters. The first-order valence-corrected chi connectivity index (χ1v) is 8.40. The van der Waals surface area contributed by atoms with Crippen LogP contribution in [0.15, 0.2) is 40.4 Å². The minimum Gasteiger partial charge on any atom is -0.258 e. The van der Waals surface area contributed by atoms with Crippen molar-refractivity contribution in [1.82, 2.24) is 5.43 Å². The number of nitrogens with zero attached hydrogens (tertiary/aromatic N) is 2. The summed E-state index contributed by atoms with van der Waals surface area (Å²) in [6.07, 6.45) is 5.21. The largest absolute Gasteiger partial charge is 0.258 e. The molecule has 1 N–H and O–H groups in total. The lowest BCUT2D eigenvalue weighted by molar-refractivity contribution is 0.333. The van der Waals surface area contributed by atoms with E-state index >= 15 is 0 Å². The van der Waals surface area contributed by atoms with Crippen molar-refractivity contribution in [2.45, 2.75) is 38.6 Å². The van der Waals surface area contributed by atoms with Gasteiger partial charge in [-0.2, -0.15) is 5.10 Å². The van der Waals surface area contributed by atoms with Crippen LogP contribution in [0.4, 0.5) is 0 Å². The number of thioether (sulfide) groups is 1. The fourth-order valence-corrected chi connectivity index (χ4v) is 3.62. The fraction of sp³-hybridized carbons (Fsp3) is 0.500. The highest BCUT2D eigenvalue weighted by Gasteiger charge is 2.22. The van der Waals surface area contributed by atoms with Crippen LogP contribution in [0.1, 0.15) is 38.2 Å². The van der Waals surface area contributed by atoms with E-state index in [0.717, 1.165) is 16.6 Å². The first-order valence-electron chi connectivity index (χ1n) is 7.41. The molecule has 1 fully saturated rings. The Bertz CT molecular complexity index is 510. The Balaban J connectivity index is 1.67. The highest BCUT2D eigenvalue weighted by Crippen LogP contribution is 2.27. The van der Waals surface area contributed by atoms with Crippen molar-refractivity contribution in [3.63, 3.8) is 0 Å². The second-order valence-corrected chi connectivity index (χ2v) is 6.55. The van der Waals surface area contributed by atoms with Crippen LogP contribution in [-0.2, 0) is 0 Å². The lowest BCUT2D eigenvalue weighted by atomic mass is 9.86. The molecular weight excluding hydrogens is 266 g/mol. The standard InChI is InChI=1S/C16H21N3S/c1-12-7-5-6-10-14(12)17-16-19-18-15(11-20-16)13-8-3-2-4-9-13/h2-4,8-9,12,14H,5-7,10-11H2,1H3,(H,17,19)/t12-,14-/m0/s1. The van der Waals surface area contributed by atoms with Crippen LogP contribution < -0.4 is 5.43 Å². The predicted octanol–water partition coefficient (Wildman–Crippen LogP) is 3.66. The van der Waals surface area contributed by atoms with Crippen molar-refractivity contribution < 1.29 is 0 Å². The van der Waals surface area contributed by atoms with Crippen molar-refractivity contribution in [3.8, 4) is 0 Å². The summed E-state index contributed by atoms with van der Waals surface area (Å²) < 4.78 is 0. The summed E-state index contributed by atoms with van der Waals surface area (Å²) in [5.41, 5.74) is 5.43. The van der Waals surface area contributed by atoms with E-state index in [1.807, 2.05) is 6.07 Å². The maximum Gasteiger partial charge on any atom is 0.177 e. The molecule has 1 aromatic rings. The number of hydrogen-bond donors (Lipinski definition) is 1. The average molecular weight is 287 g/mol. The second-order valence-electron chi connectivity index (χ2n) is 5.59.